The lowest BCUT2D eigenvalue weighted by atomic mass is 10.0. The molecule has 288 valence electrons. The number of rotatable bonds is 5. The predicted octanol–water partition coefficient (Wildman–Crippen LogP) is 14.5. The Balaban J connectivity index is 1.06. The van der Waals surface area contributed by atoms with Gasteiger partial charge < -0.3 is 9.13 Å². The summed E-state index contributed by atoms with van der Waals surface area (Å²) in [5, 5.41) is 12.0. The molecule has 0 aliphatic carbocycles. The molecule has 10 aromatic carbocycles. The van der Waals surface area contributed by atoms with Crippen LogP contribution in [0.5, 0.6) is 0 Å². The van der Waals surface area contributed by atoms with Crippen molar-refractivity contribution in [3.05, 3.63) is 212 Å². The number of para-hydroxylation sites is 3. The van der Waals surface area contributed by atoms with E-state index in [1.807, 2.05) is 18.2 Å². The van der Waals surface area contributed by atoms with Crippen LogP contribution in [0.1, 0.15) is 0 Å². The third kappa shape index (κ3) is 5.18. The van der Waals surface area contributed by atoms with Gasteiger partial charge in [-0.05, 0) is 75.5 Å². The zero-order valence-corrected chi connectivity index (χ0v) is 33.4. The Labute approximate surface area is 356 Å². The second-order valence-electron chi connectivity index (χ2n) is 16.0. The SMILES string of the molecule is c1ccc(-c2nc(-c3ccccc3-n3c4ccccc4c4cc5c(-n6c7ccccc7c7c8ccccc8ccc76)cccc5cc43)nc(-c3cccc4ccccc34)n2)cc1. The average molecular weight is 790 g/mol. The smallest absolute Gasteiger partial charge is 0.166 e. The molecule has 0 saturated heterocycles. The molecular weight excluding hydrogens is 755 g/mol. The molecule has 5 nitrogen and oxygen atoms in total. The monoisotopic (exact) mass is 789 g/mol. The Kier molecular flexibility index (Phi) is 7.54. The number of aromatic nitrogens is 5. The Hall–Kier alpha value is -8.41. The zero-order chi connectivity index (χ0) is 40.7. The topological polar surface area (TPSA) is 48.5 Å². The summed E-state index contributed by atoms with van der Waals surface area (Å²) in [5.74, 6) is 1.89. The molecule has 13 aromatic rings. The van der Waals surface area contributed by atoms with Gasteiger partial charge in [-0.15, -0.1) is 0 Å². The molecular formula is C57H35N5. The van der Waals surface area contributed by atoms with E-state index in [0.29, 0.717) is 17.5 Å². The zero-order valence-electron chi connectivity index (χ0n) is 33.4. The van der Waals surface area contributed by atoms with Crippen molar-refractivity contribution < 1.29 is 0 Å². The van der Waals surface area contributed by atoms with Crippen molar-refractivity contribution >= 4 is 75.9 Å². The van der Waals surface area contributed by atoms with Crippen molar-refractivity contribution in [3.63, 3.8) is 0 Å². The highest BCUT2D eigenvalue weighted by atomic mass is 15.1. The summed E-state index contributed by atoms with van der Waals surface area (Å²) in [7, 11) is 0. The minimum atomic E-state index is 0.616. The Bertz CT molecular complexity index is 3930. The fourth-order valence-corrected chi connectivity index (χ4v) is 9.79. The molecule has 0 amide bonds. The largest absolute Gasteiger partial charge is 0.309 e. The summed E-state index contributed by atoms with van der Waals surface area (Å²) in [6.07, 6.45) is 0. The van der Waals surface area contributed by atoms with Gasteiger partial charge in [0.25, 0.3) is 0 Å². The number of nitrogens with zero attached hydrogens (tertiary/aromatic N) is 5. The molecule has 0 atom stereocenters. The molecule has 0 N–H and O–H groups in total. The number of hydrogen-bond acceptors (Lipinski definition) is 3. The maximum absolute atomic E-state index is 5.30. The van der Waals surface area contributed by atoms with E-state index in [-0.39, 0.29) is 0 Å². The van der Waals surface area contributed by atoms with Crippen LogP contribution in [0.25, 0.3) is 121 Å². The van der Waals surface area contributed by atoms with E-state index in [1.165, 1.54) is 48.7 Å². The van der Waals surface area contributed by atoms with Crippen LogP contribution in [0.15, 0.2) is 212 Å². The van der Waals surface area contributed by atoms with Gasteiger partial charge in [0, 0.05) is 43.6 Å². The highest BCUT2D eigenvalue weighted by Crippen LogP contribution is 2.42. The molecule has 3 heterocycles. The number of benzene rings is 10. The molecule has 0 bridgehead atoms. The van der Waals surface area contributed by atoms with E-state index >= 15 is 0 Å². The Morgan fingerprint density at radius 1 is 0.274 bits per heavy atom. The van der Waals surface area contributed by atoms with E-state index in [4.69, 9.17) is 15.0 Å². The van der Waals surface area contributed by atoms with Gasteiger partial charge in [-0.1, -0.05) is 164 Å². The van der Waals surface area contributed by atoms with Gasteiger partial charge in [-0.3, -0.25) is 0 Å². The normalized spacial score (nSPS) is 11.9. The van der Waals surface area contributed by atoms with Crippen LogP contribution in [0, 0.1) is 0 Å². The molecule has 0 aliphatic rings. The molecule has 0 aliphatic heterocycles. The van der Waals surface area contributed by atoms with Gasteiger partial charge in [0.2, 0.25) is 0 Å². The number of fused-ring (bicyclic) bond motifs is 10. The number of hydrogen-bond donors (Lipinski definition) is 0. The third-order valence-electron chi connectivity index (χ3n) is 12.5. The Morgan fingerprint density at radius 3 is 1.66 bits per heavy atom. The molecule has 0 unspecified atom stereocenters. The first-order valence-corrected chi connectivity index (χ1v) is 21.0. The molecule has 0 radical (unpaired) electrons. The third-order valence-corrected chi connectivity index (χ3v) is 12.5. The second kappa shape index (κ2) is 13.6. The quantitative estimate of drug-likeness (QED) is 0.174. The van der Waals surface area contributed by atoms with Crippen LogP contribution >= 0.6 is 0 Å². The second-order valence-corrected chi connectivity index (χ2v) is 16.0. The molecule has 0 saturated carbocycles. The van der Waals surface area contributed by atoms with Crippen molar-refractivity contribution in [1.29, 1.82) is 0 Å². The lowest BCUT2D eigenvalue weighted by molar-refractivity contribution is 1.07. The van der Waals surface area contributed by atoms with Gasteiger partial charge in [0.05, 0.1) is 33.4 Å². The summed E-state index contributed by atoms with van der Waals surface area (Å²) < 4.78 is 4.85. The Morgan fingerprint density at radius 2 is 0.823 bits per heavy atom. The van der Waals surface area contributed by atoms with Crippen molar-refractivity contribution in [1.82, 2.24) is 24.1 Å². The first-order chi connectivity index (χ1) is 30.8. The lowest BCUT2D eigenvalue weighted by Gasteiger charge is -2.16. The van der Waals surface area contributed by atoms with Crippen LogP contribution < -0.4 is 0 Å². The minimum absolute atomic E-state index is 0.616. The van der Waals surface area contributed by atoms with Crippen LogP contribution in [0.4, 0.5) is 0 Å². The lowest BCUT2D eigenvalue weighted by Crippen LogP contribution is -2.03. The molecule has 3 aromatic heterocycles. The van der Waals surface area contributed by atoms with E-state index in [9.17, 15) is 0 Å². The van der Waals surface area contributed by atoms with E-state index in [1.54, 1.807) is 0 Å². The molecule has 5 heteroatoms. The van der Waals surface area contributed by atoms with Gasteiger partial charge in [0.15, 0.2) is 17.5 Å². The van der Waals surface area contributed by atoms with Crippen LogP contribution in [0.2, 0.25) is 0 Å². The van der Waals surface area contributed by atoms with E-state index in [0.717, 1.165) is 55.3 Å². The van der Waals surface area contributed by atoms with Crippen molar-refractivity contribution in [2.45, 2.75) is 0 Å². The highest BCUT2D eigenvalue weighted by molar-refractivity contribution is 6.22. The van der Waals surface area contributed by atoms with Gasteiger partial charge in [-0.25, -0.2) is 15.0 Å². The molecule has 0 spiro atoms. The maximum Gasteiger partial charge on any atom is 0.166 e. The van der Waals surface area contributed by atoms with Gasteiger partial charge in [-0.2, -0.15) is 0 Å². The fraction of sp³-hybridized carbons (Fsp3) is 0. The van der Waals surface area contributed by atoms with E-state index < -0.39 is 0 Å². The fourth-order valence-electron chi connectivity index (χ4n) is 9.79. The van der Waals surface area contributed by atoms with Crippen LogP contribution in [-0.4, -0.2) is 24.1 Å². The standard InChI is InChI=1S/C57H35N5/c1-2-18-38(19-3-1)55-58-56(43-27-14-20-36-16-4-6-22-40(36)43)60-57(59-55)45-26-10-13-30-50(45)62-48-28-11-8-24-42(48)47-35-46-39(34-53(47)62)21-15-31-51(46)61-49-29-12-9-25-44(49)54-41-23-7-5-17-37(41)32-33-52(54)61/h1-35H. The van der Waals surface area contributed by atoms with E-state index in [2.05, 4.69) is 203 Å². The summed E-state index contributed by atoms with van der Waals surface area (Å²) >= 11 is 0. The minimum Gasteiger partial charge on any atom is -0.309 e. The predicted molar refractivity (Wildman–Crippen MR) is 257 cm³/mol. The average Bonchev–Trinajstić information content (AvgIpc) is 3.85. The molecule has 13 rings (SSSR count). The summed E-state index contributed by atoms with van der Waals surface area (Å²) in [6, 6.07) is 75.7. The van der Waals surface area contributed by atoms with Gasteiger partial charge in [0.1, 0.15) is 0 Å². The first kappa shape index (κ1) is 34.5. The van der Waals surface area contributed by atoms with Crippen LogP contribution in [-0.2, 0) is 0 Å². The molecule has 0 fully saturated rings. The van der Waals surface area contributed by atoms with Gasteiger partial charge >= 0.3 is 0 Å². The van der Waals surface area contributed by atoms with Crippen molar-refractivity contribution in [3.8, 4) is 45.5 Å². The highest BCUT2D eigenvalue weighted by Gasteiger charge is 2.22. The van der Waals surface area contributed by atoms with Crippen molar-refractivity contribution in [2.75, 3.05) is 0 Å². The van der Waals surface area contributed by atoms with Crippen LogP contribution in [0.3, 0.4) is 0 Å². The summed E-state index contributed by atoms with van der Waals surface area (Å²) in [5.41, 5.74) is 9.59. The summed E-state index contributed by atoms with van der Waals surface area (Å²) in [6.45, 7) is 0. The molecule has 62 heavy (non-hydrogen) atoms. The van der Waals surface area contributed by atoms with Crippen molar-refractivity contribution in [2.24, 2.45) is 0 Å². The summed E-state index contributed by atoms with van der Waals surface area (Å²) in [4.78, 5) is 15.7. The first-order valence-electron chi connectivity index (χ1n) is 21.0. The maximum atomic E-state index is 5.30.